The standard InChI is InChI=1S/C20H22ClNO2/c1-5-16(14-9-18(13(4)23)12(3)22-11-14)17(6-2)19-10-15(21)7-8-20(19)24/h7-11,24H,5-6H2,1-4H3/b17-16-. The minimum Gasteiger partial charge on any atom is -0.507 e. The quantitative estimate of drug-likeness (QED) is 0.710. The Morgan fingerprint density at radius 1 is 1.12 bits per heavy atom. The lowest BCUT2D eigenvalue weighted by Crippen LogP contribution is -2.01. The molecular weight excluding hydrogens is 322 g/mol. The van der Waals surface area contributed by atoms with Crippen molar-refractivity contribution in [3.05, 3.63) is 57.9 Å². The molecule has 0 aliphatic heterocycles. The molecule has 1 heterocycles. The molecule has 0 aliphatic rings. The van der Waals surface area contributed by atoms with Gasteiger partial charge in [0.15, 0.2) is 5.78 Å². The van der Waals surface area contributed by atoms with Crippen LogP contribution in [0.25, 0.3) is 11.1 Å². The Bertz CT molecular complexity index is 809. The zero-order valence-electron chi connectivity index (χ0n) is 14.5. The number of allylic oxidation sites excluding steroid dienone is 2. The van der Waals surface area contributed by atoms with Crippen LogP contribution in [0.5, 0.6) is 5.75 Å². The number of hydrogen-bond acceptors (Lipinski definition) is 3. The van der Waals surface area contributed by atoms with E-state index in [0.29, 0.717) is 10.6 Å². The first kappa shape index (κ1) is 18.2. The number of phenols is 1. The van der Waals surface area contributed by atoms with Crippen molar-refractivity contribution in [1.29, 1.82) is 0 Å². The lowest BCUT2D eigenvalue weighted by atomic mass is 9.90. The summed E-state index contributed by atoms with van der Waals surface area (Å²) in [5.74, 6) is 0.204. The Labute approximate surface area is 148 Å². The van der Waals surface area contributed by atoms with Crippen molar-refractivity contribution in [3.8, 4) is 5.75 Å². The number of aromatic hydroxyl groups is 1. The van der Waals surface area contributed by atoms with Gasteiger partial charge in [0.25, 0.3) is 0 Å². The van der Waals surface area contributed by atoms with Crippen molar-refractivity contribution < 1.29 is 9.90 Å². The van der Waals surface area contributed by atoms with E-state index in [2.05, 4.69) is 11.9 Å². The van der Waals surface area contributed by atoms with Crippen LogP contribution in [-0.4, -0.2) is 15.9 Å². The molecule has 0 amide bonds. The molecule has 0 atom stereocenters. The molecule has 2 rings (SSSR count). The van der Waals surface area contributed by atoms with Crippen LogP contribution < -0.4 is 0 Å². The first-order valence-corrected chi connectivity index (χ1v) is 8.45. The minimum absolute atomic E-state index is 0.000884. The summed E-state index contributed by atoms with van der Waals surface area (Å²) in [6.07, 6.45) is 3.29. The normalized spacial score (nSPS) is 12.0. The number of carbonyl (C=O) groups is 1. The van der Waals surface area contributed by atoms with E-state index in [9.17, 15) is 9.90 Å². The predicted molar refractivity (Wildman–Crippen MR) is 99.5 cm³/mol. The maximum atomic E-state index is 11.8. The van der Waals surface area contributed by atoms with Gasteiger partial charge in [-0.3, -0.25) is 9.78 Å². The molecule has 1 aromatic carbocycles. The lowest BCUT2D eigenvalue weighted by Gasteiger charge is -2.16. The molecule has 0 bridgehead atoms. The first-order valence-electron chi connectivity index (χ1n) is 8.07. The van der Waals surface area contributed by atoms with E-state index in [1.165, 1.54) is 0 Å². The second-order valence-electron chi connectivity index (χ2n) is 5.74. The number of nitrogens with zero attached hydrogens (tertiary/aromatic N) is 1. The molecule has 1 aromatic heterocycles. The fourth-order valence-corrected chi connectivity index (χ4v) is 3.13. The molecule has 24 heavy (non-hydrogen) atoms. The third kappa shape index (κ3) is 3.68. The van der Waals surface area contributed by atoms with Gasteiger partial charge in [-0.2, -0.15) is 0 Å². The third-order valence-electron chi connectivity index (χ3n) is 4.17. The summed E-state index contributed by atoms with van der Waals surface area (Å²) in [4.78, 5) is 16.2. The molecule has 126 valence electrons. The zero-order valence-corrected chi connectivity index (χ0v) is 15.2. The molecule has 0 unspecified atom stereocenters. The van der Waals surface area contributed by atoms with Gasteiger partial charge in [0.05, 0.1) is 0 Å². The maximum Gasteiger partial charge on any atom is 0.161 e. The Morgan fingerprint density at radius 2 is 1.79 bits per heavy atom. The molecule has 0 aliphatic carbocycles. The largest absolute Gasteiger partial charge is 0.507 e. The Morgan fingerprint density at radius 3 is 2.38 bits per heavy atom. The molecule has 1 N–H and O–H groups in total. The van der Waals surface area contributed by atoms with E-state index in [0.717, 1.165) is 40.8 Å². The van der Waals surface area contributed by atoms with Crippen LogP contribution in [0.3, 0.4) is 0 Å². The second kappa shape index (κ2) is 7.63. The highest BCUT2D eigenvalue weighted by Crippen LogP contribution is 2.37. The number of phenolic OH excluding ortho intramolecular Hbond substituents is 1. The van der Waals surface area contributed by atoms with Crippen LogP contribution in [0.2, 0.25) is 5.02 Å². The lowest BCUT2D eigenvalue weighted by molar-refractivity contribution is 0.101. The average molecular weight is 344 g/mol. The average Bonchev–Trinajstić information content (AvgIpc) is 2.55. The van der Waals surface area contributed by atoms with Gasteiger partial charge < -0.3 is 5.11 Å². The van der Waals surface area contributed by atoms with E-state index >= 15 is 0 Å². The summed E-state index contributed by atoms with van der Waals surface area (Å²) in [6.45, 7) is 7.48. The fourth-order valence-electron chi connectivity index (χ4n) is 2.96. The van der Waals surface area contributed by atoms with Gasteiger partial charge in [-0.05, 0) is 67.7 Å². The number of carbonyl (C=O) groups excluding carboxylic acids is 1. The molecule has 3 nitrogen and oxygen atoms in total. The summed E-state index contributed by atoms with van der Waals surface area (Å²) >= 11 is 6.11. The number of benzene rings is 1. The molecule has 0 saturated carbocycles. The van der Waals surface area contributed by atoms with Crippen molar-refractivity contribution in [2.75, 3.05) is 0 Å². The third-order valence-corrected chi connectivity index (χ3v) is 4.40. The van der Waals surface area contributed by atoms with Crippen molar-refractivity contribution in [2.24, 2.45) is 0 Å². The van der Waals surface area contributed by atoms with Gasteiger partial charge in [-0.1, -0.05) is 25.4 Å². The van der Waals surface area contributed by atoms with Crippen LogP contribution in [0, 0.1) is 6.92 Å². The number of aromatic nitrogens is 1. The summed E-state index contributed by atoms with van der Waals surface area (Å²) in [5.41, 5.74) is 5.06. The van der Waals surface area contributed by atoms with Crippen LogP contribution in [0.4, 0.5) is 0 Å². The monoisotopic (exact) mass is 343 g/mol. The second-order valence-corrected chi connectivity index (χ2v) is 6.18. The Hall–Kier alpha value is -2.13. The molecule has 0 saturated heterocycles. The molecule has 2 aromatic rings. The SMILES string of the molecule is CC/C(=C(\CC)c1cc(Cl)ccc1O)c1cnc(C)c(C(C)=O)c1. The summed E-state index contributed by atoms with van der Waals surface area (Å²) in [6, 6.07) is 6.94. The highest BCUT2D eigenvalue weighted by molar-refractivity contribution is 6.30. The van der Waals surface area contributed by atoms with Gasteiger partial charge in [0.2, 0.25) is 0 Å². The summed E-state index contributed by atoms with van der Waals surface area (Å²) in [5, 5.41) is 10.8. The van der Waals surface area contributed by atoms with Gasteiger partial charge in [0.1, 0.15) is 5.75 Å². The highest BCUT2D eigenvalue weighted by Gasteiger charge is 2.15. The predicted octanol–water partition coefficient (Wildman–Crippen LogP) is 5.68. The van der Waals surface area contributed by atoms with Gasteiger partial charge in [-0.15, -0.1) is 0 Å². The minimum atomic E-state index is 0.000884. The van der Waals surface area contributed by atoms with Crippen LogP contribution in [0.15, 0.2) is 30.5 Å². The number of rotatable bonds is 5. The van der Waals surface area contributed by atoms with Gasteiger partial charge >= 0.3 is 0 Å². The van der Waals surface area contributed by atoms with Crippen LogP contribution in [-0.2, 0) is 0 Å². The number of aryl methyl sites for hydroxylation is 1. The topological polar surface area (TPSA) is 50.2 Å². The molecule has 0 radical (unpaired) electrons. The molecule has 0 spiro atoms. The fraction of sp³-hybridized carbons (Fsp3) is 0.300. The summed E-state index contributed by atoms with van der Waals surface area (Å²) in [7, 11) is 0. The zero-order chi connectivity index (χ0) is 17.9. The van der Waals surface area contributed by atoms with E-state index < -0.39 is 0 Å². The number of halogens is 1. The first-order chi connectivity index (χ1) is 11.4. The molecule has 4 heteroatoms. The molecule has 0 fully saturated rings. The van der Waals surface area contributed by atoms with Crippen LogP contribution in [0.1, 0.15) is 60.8 Å². The smallest absolute Gasteiger partial charge is 0.161 e. The van der Waals surface area contributed by atoms with E-state index in [-0.39, 0.29) is 11.5 Å². The Kier molecular flexibility index (Phi) is 5.79. The van der Waals surface area contributed by atoms with Gasteiger partial charge in [0, 0.05) is 28.0 Å². The van der Waals surface area contributed by atoms with Crippen molar-refractivity contribution >= 4 is 28.5 Å². The van der Waals surface area contributed by atoms with Crippen molar-refractivity contribution in [3.63, 3.8) is 0 Å². The Balaban J connectivity index is 2.71. The van der Waals surface area contributed by atoms with E-state index in [4.69, 9.17) is 11.6 Å². The highest BCUT2D eigenvalue weighted by atomic mass is 35.5. The molecular formula is C20H22ClNO2. The number of hydrogen-bond donors (Lipinski definition) is 1. The van der Waals surface area contributed by atoms with E-state index in [1.54, 1.807) is 31.3 Å². The van der Waals surface area contributed by atoms with Crippen LogP contribution >= 0.6 is 11.6 Å². The number of ketones is 1. The number of Topliss-reactive ketones (excluding diaryl/α,β-unsaturated/α-hetero) is 1. The van der Waals surface area contributed by atoms with Crippen molar-refractivity contribution in [2.45, 2.75) is 40.5 Å². The van der Waals surface area contributed by atoms with Gasteiger partial charge in [-0.25, -0.2) is 0 Å². The number of pyridine rings is 1. The summed E-state index contributed by atoms with van der Waals surface area (Å²) < 4.78 is 0. The van der Waals surface area contributed by atoms with E-state index in [1.807, 2.05) is 19.9 Å². The van der Waals surface area contributed by atoms with Crippen molar-refractivity contribution in [1.82, 2.24) is 4.98 Å². The maximum absolute atomic E-state index is 11.8.